The fourth-order valence-corrected chi connectivity index (χ4v) is 3.67. The third kappa shape index (κ3) is 4.37. The van der Waals surface area contributed by atoms with Crippen LogP contribution in [0.4, 0.5) is 4.39 Å². The molecular formula is C24H26FNO4. The molecular weight excluding hydrogens is 385 g/mol. The highest BCUT2D eigenvalue weighted by molar-refractivity contribution is 6.46. The van der Waals surface area contributed by atoms with Gasteiger partial charge in [-0.15, -0.1) is 0 Å². The molecule has 0 aromatic heterocycles. The summed E-state index contributed by atoms with van der Waals surface area (Å²) in [5.41, 5.74) is 1.02. The summed E-state index contributed by atoms with van der Waals surface area (Å²) >= 11 is 0. The number of hydrogen-bond acceptors (Lipinski definition) is 4. The Labute approximate surface area is 175 Å². The molecule has 1 amide bonds. The minimum absolute atomic E-state index is 0.0206. The first-order valence-electron chi connectivity index (χ1n) is 10.2. The molecule has 5 nitrogen and oxygen atoms in total. The highest BCUT2D eigenvalue weighted by Gasteiger charge is 2.45. The van der Waals surface area contributed by atoms with E-state index in [0.29, 0.717) is 30.0 Å². The molecule has 1 saturated heterocycles. The molecule has 2 aromatic carbocycles. The first kappa shape index (κ1) is 21.6. The van der Waals surface area contributed by atoms with Gasteiger partial charge < -0.3 is 14.7 Å². The van der Waals surface area contributed by atoms with Gasteiger partial charge in [-0.05, 0) is 55.3 Å². The van der Waals surface area contributed by atoms with Crippen LogP contribution in [0.25, 0.3) is 5.76 Å². The van der Waals surface area contributed by atoms with E-state index in [4.69, 9.17) is 4.74 Å². The maximum absolute atomic E-state index is 13.5. The molecule has 1 aliphatic rings. The van der Waals surface area contributed by atoms with Crippen molar-refractivity contribution in [3.05, 3.63) is 71.0 Å². The molecule has 0 aliphatic carbocycles. The van der Waals surface area contributed by atoms with Crippen molar-refractivity contribution in [2.75, 3.05) is 13.2 Å². The van der Waals surface area contributed by atoms with Crippen molar-refractivity contribution in [2.45, 2.75) is 39.2 Å². The molecule has 0 radical (unpaired) electrons. The van der Waals surface area contributed by atoms with E-state index in [1.54, 1.807) is 36.4 Å². The zero-order valence-corrected chi connectivity index (χ0v) is 17.2. The Bertz CT molecular complexity index is 935. The van der Waals surface area contributed by atoms with Crippen LogP contribution < -0.4 is 4.74 Å². The van der Waals surface area contributed by atoms with Crippen molar-refractivity contribution in [3.63, 3.8) is 0 Å². The third-order valence-electron chi connectivity index (χ3n) is 5.17. The van der Waals surface area contributed by atoms with E-state index in [1.807, 2.05) is 6.92 Å². The number of unbranched alkanes of at least 4 members (excludes halogenated alkanes) is 2. The molecule has 1 heterocycles. The van der Waals surface area contributed by atoms with Gasteiger partial charge in [-0.3, -0.25) is 9.59 Å². The number of aliphatic hydroxyl groups is 1. The monoisotopic (exact) mass is 411 g/mol. The summed E-state index contributed by atoms with van der Waals surface area (Å²) in [5, 5.41) is 11.0. The van der Waals surface area contributed by atoms with Crippen LogP contribution >= 0.6 is 0 Å². The molecule has 30 heavy (non-hydrogen) atoms. The van der Waals surface area contributed by atoms with E-state index in [1.165, 1.54) is 17.0 Å². The normalized spacial score (nSPS) is 18.1. The highest BCUT2D eigenvalue weighted by Crippen LogP contribution is 2.39. The molecule has 1 unspecified atom stereocenters. The van der Waals surface area contributed by atoms with E-state index in [9.17, 15) is 19.1 Å². The number of amides is 1. The summed E-state index contributed by atoms with van der Waals surface area (Å²) in [7, 11) is 0. The molecule has 3 rings (SSSR count). The highest BCUT2D eigenvalue weighted by atomic mass is 19.1. The van der Waals surface area contributed by atoms with E-state index in [-0.39, 0.29) is 11.3 Å². The number of likely N-dealkylation sites (tertiary alicyclic amines) is 1. The number of halogens is 1. The quantitative estimate of drug-likeness (QED) is 0.292. The number of ketones is 1. The largest absolute Gasteiger partial charge is 0.507 e. The number of rotatable bonds is 8. The zero-order valence-electron chi connectivity index (χ0n) is 17.2. The Balaban J connectivity index is 2.06. The van der Waals surface area contributed by atoms with Crippen LogP contribution in [0, 0.1) is 5.82 Å². The average Bonchev–Trinajstić information content (AvgIpc) is 3.00. The lowest BCUT2D eigenvalue weighted by molar-refractivity contribution is -0.139. The fraction of sp³-hybridized carbons (Fsp3) is 0.333. The van der Waals surface area contributed by atoms with Gasteiger partial charge in [0.15, 0.2) is 0 Å². The first-order valence-corrected chi connectivity index (χ1v) is 10.2. The van der Waals surface area contributed by atoms with E-state index < -0.39 is 23.5 Å². The van der Waals surface area contributed by atoms with Crippen LogP contribution in [0.2, 0.25) is 0 Å². The number of benzene rings is 2. The van der Waals surface area contributed by atoms with Gasteiger partial charge in [0.1, 0.15) is 17.3 Å². The van der Waals surface area contributed by atoms with E-state index >= 15 is 0 Å². The number of Topliss-reactive ketones (excluding diaryl/α,β-unsaturated/α-hetero) is 1. The van der Waals surface area contributed by atoms with Gasteiger partial charge in [0.05, 0.1) is 18.2 Å². The SMILES string of the molecule is CCCCCN1C(=O)C(=O)/C(=C(\O)c2ccc(OCC)cc2)C1c1ccc(F)cc1. The summed E-state index contributed by atoms with van der Waals surface area (Å²) in [4.78, 5) is 27.1. The third-order valence-corrected chi connectivity index (χ3v) is 5.17. The van der Waals surface area contributed by atoms with Gasteiger partial charge >= 0.3 is 0 Å². The molecule has 0 saturated carbocycles. The Morgan fingerprint density at radius 3 is 2.30 bits per heavy atom. The van der Waals surface area contributed by atoms with Gasteiger partial charge in [-0.25, -0.2) is 4.39 Å². The Morgan fingerprint density at radius 1 is 1.03 bits per heavy atom. The van der Waals surface area contributed by atoms with Gasteiger partial charge in [-0.2, -0.15) is 0 Å². The van der Waals surface area contributed by atoms with Gasteiger partial charge in [0.2, 0.25) is 0 Å². The van der Waals surface area contributed by atoms with Crippen molar-refractivity contribution in [1.82, 2.24) is 4.90 Å². The van der Waals surface area contributed by atoms with Crippen LogP contribution in [-0.2, 0) is 9.59 Å². The molecule has 0 spiro atoms. The predicted octanol–water partition coefficient (Wildman–Crippen LogP) is 4.84. The molecule has 2 aromatic rings. The number of hydrogen-bond donors (Lipinski definition) is 1. The Kier molecular flexibility index (Phi) is 6.87. The Hall–Kier alpha value is -3.15. The second-order valence-electron chi connectivity index (χ2n) is 7.21. The molecule has 1 N–H and O–H groups in total. The minimum atomic E-state index is -0.756. The molecule has 1 aliphatic heterocycles. The predicted molar refractivity (Wildman–Crippen MR) is 113 cm³/mol. The summed E-state index contributed by atoms with van der Waals surface area (Å²) in [6, 6.07) is 11.6. The van der Waals surface area contributed by atoms with Gasteiger partial charge in [0, 0.05) is 12.1 Å². The fourth-order valence-electron chi connectivity index (χ4n) is 3.67. The van der Waals surface area contributed by atoms with Crippen LogP contribution in [0.3, 0.4) is 0 Å². The number of aliphatic hydroxyl groups excluding tert-OH is 1. The first-order chi connectivity index (χ1) is 14.5. The molecule has 0 bridgehead atoms. The van der Waals surface area contributed by atoms with E-state index in [2.05, 4.69) is 6.92 Å². The number of ether oxygens (including phenoxy) is 1. The number of nitrogens with zero attached hydrogens (tertiary/aromatic N) is 1. The van der Waals surface area contributed by atoms with Crippen molar-refractivity contribution < 1.29 is 23.8 Å². The molecule has 158 valence electrons. The number of carbonyl (C=O) groups is 2. The van der Waals surface area contributed by atoms with Crippen molar-refractivity contribution in [2.24, 2.45) is 0 Å². The van der Waals surface area contributed by atoms with Crippen LogP contribution in [0.5, 0.6) is 5.75 Å². The van der Waals surface area contributed by atoms with Crippen LogP contribution in [0.15, 0.2) is 54.1 Å². The summed E-state index contributed by atoms with van der Waals surface area (Å²) < 4.78 is 18.9. The second kappa shape index (κ2) is 9.57. The molecule has 6 heteroatoms. The lowest BCUT2D eigenvalue weighted by Gasteiger charge is -2.25. The maximum Gasteiger partial charge on any atom is 0.295 e. The van der Waals surface area contributed by atoms with Crippen molar-refractivity contribution in [3.8, 4) is 5.75 Å². The van der Waals surface area contributed by atoms with Crippen LogP contribution in [-0.4, -0.2) is 34.8 Å². The molecule has 1 fully saturated rings. The van der Waals surface area contributed by atoms with Crippen molar-refractivity contribution >= 4 is 17.4 Å². The lowest BCUT2D eigenvalue weighted by atomic mass is 9.95. The Morgan fingerprint density at radius 2 is 1.70 bits per heavy atom. The summed E-state index contributed by atoms with van der Waals surface area (Å²) in [5.74, 6) is -1.39. The topological polar surface area (TPSA) is 66.8 Å². The van der Waals surface area contributed by atoms with Crippen molar-refractivity contribution in [1.29, 1.82) is 0 Å². The lowest BCUT2D eigenvalue weighted by Crippen LogP contribution is -2.30. The minimum Gasteiger partial charge on any atom is -0.507 e. The second-order valence-corrected chi connectivity index (χ2v) is 7.21. The standard InChI is InChI=1S/C24H26FNO4/c1-3-5-6-15-26-21(16-7-11-18(25)12-8-16)20(23(28)24(26)29)22(27)17-9-13-19(14-10-17)30-4-2/h7-14,21,27H,3-6,15H2,1-2H3/b22-20-. The summed E-state index contributed by atoms with van der Waals surface area (Å²) in [6.45, 7) is 4.83. The maximum atomic E-state index is 13.5. The van der Waals surface area contributed by atoms with E-state index in [0.717, 1.165) is 19.3 Å². The summed E-state index contributed by atoms with van der Waals surface area (Å²) in [6.07, 6.45) is 2.62. The average molecular weight is 411 g/mol. The number of carbonyl (C=O) groups excluding carboxylic acids is 2. The van der Waals surface area contributed by atoms with Gasteiger partial charge in [-0.1, -0.05) is 31.9 Å². The zero-order chi connectivity index (χ0) is 21.7. The smallest absolute Gasteiger partial charge is 0.295 e. The van der Waals surface area contributed by atoms with Gasteiger partial charge in [0.25, 0.3) is 11.7 Å². The molecule has 1 atom stereocenters. The van der Waals surface area contributed by atoms with Crippen LogP contribution in [0.1, 0.15) is 50.3 Å².